The van der Waals surface area contributed by atoms with Gasteiger partial charge in [-0.2, -0.15) is 0 Å². The molecular formula is C23H27N5O3S. The zero-order chi connectivity index (χ0) is 23.1. The van der Waals surface area contributed by atoms with Gasteiger partial charge >= 0.3 is 0 Å². The van der Waals surface area contributed by atoms with E-state index in [-0.39, 0.29) is 29.5 Å². The largest absolute Gasteiger partial charge is 0.497 e. The number of methoxy groups -OCH3 is 1. The van der Waals surface area contributed by atoms with Crippen LogP contribution in [0, 0.1) is 5.92 Å². The van der Waals surface area contributed by atoms with E-state index in [9.17, 15) is 9.59 Å². The SMILES string of the molecule is COc1ccc(C(NC(=O)CSc2nncn2-c2cccc(NC(C)=O)c2)C(C)C)cc1. The van der Waals surface area contributed by atoms with Gasteiger partial charge in [0.1, 0.15) is 12.1 Å². The predicted molar refractivity (Wildman–Crippen MR) is 125 cm³/mol. The lowest BCUT2D eigenvalue weighted by molar-refractivity contribution is -0.119. The van der Waals surface area contributed by atoms with Gasteiger partial charge in [-0.15, -0.1) is 10.2 Å². The van der Waals surface area contributed by atoms with Crippen molar-refractivity contribution in [3.8, 4) is 11.4 Å². The summed E-state index contributed by atoms with van der Waals surface area (Å²) in [6.07, 6.45) is 1.58. The standard InChI is InChI=1S/C23H27N5O3S/c1-15(2)22(17-8-10-20(31-4)11-9-17)26-21(30)13-32-23-27-24-14-28(23)19-7-5-6-18(12-19)25-16(3)29/h5-12,14-15,22H,13H2,1-4H3,(H,25,29)(H,26,30). The van der Waals surface area contributed by atoms with Gasteiger partial charge in [0.15, 0.2) is 5.16 Å². The van der Waals surface area contributed by atoms with E-state index < -0.39 is 0 Å². The Morgan fingerprint density at radius 2 is 1.91 bits per heavy atom. The molecule has 0 aliphatic rings. The molecule has 8 nitrogen and oxygen atoms in total. The zero-order valence-electron chi connectivity index (χ0n) is 18.5. The molecule has 0 aliphatic carbocycles. The van der Waals surface area contributed by atoms with Crippen molar-refractivity contribution in [2.45, 2.75) is 32.0 Å². The summed E-state index contributed by atoms with van der Waals surface area (Å²) in [4.78, 5) is 24.0. The van der Waals surface area contributed by atoms with E-state index in [0.717, 1.165) is 17.0 Å². The van der Waals surface area contributed by atoms with Gasteiger partial charge in [0.05, 0.1) is 24.6 Å². The number of ether oxygens (including phenoxy) is 1. The minimum absolute atomic E-state index is 0.0916. The molecule has 9 heteroatoms. The predicted octanol–water partition coefficient (Wildman–Crippen LogP) is 3.84. The van der Waals surface area contributed by atoms with E-state index in [0.29, 0.717) is 10.8 Å². The van der Waals surface area contributed by atoms with Crippen molar-refractivity contribution in [1.82, 2.24) is 20.1 Å². The lowest BCUT2D eigenvalue weighted by Gasteiger charge is -2.23. The Labute approximate surface area is 191 Å². The first kappa shape index (κ1) is 23.3. The topological polar surface area (TPSA) is 98.1 Å². The lowest BCUT2D eigenvalue weighted by Crippen LogP contribution is -2.33. The molecular weight excluding hydrogens is 426 g/mol. The van der Waals surface area contributed by atoms with Crippen LogP contribution in [-0.4, -0.2) is 39.4 Å². The maximum Gasteiger partial charge on any atom is 0.230 e. The normalized spacial score (nSPS) is 11.8. The molecule has 168 valence electrons. The van der Waals surface area contributed by atoms with E-state index in [4.69, 9.17) is 4.74 Å². The molecule has 0 aliphatic heterocycles. The minimum atomic E-state index is -0.145. The highest BCUT2D eigenvalue weighted by atomic mass is 32.2. The number of carbonyl (C=O) groups excluding carboxylic acids is 2. The van der Waals surface area contributed by atoms with Gasteiger partial charge in [-0.25, -0.2) is 0 Å². The zero-order valence-corrected chi connectivity index (χ0v) is 19.3. The van der Waals surface area contributed by atoms with Gasteiger partial charge in [0, 0.05) is 12.6 Å². The third kappa shape index (κ3) is 6.10. The van der Waals surface area contributed by atoms with Gasteiger partial charge in [0.2, 0.25) is 11.8 Å². The smallest absolute Gasteiger partial charge is 0.230 e. The van der Waals surface area contributed by atoms with Crippen LogP contribution in [-0.2, 0) is 9.59 Å². The fraction of sp³-hybridized carbons (Fsp3) is 0.304. The van der Waals surface area contributed by atoms with Gasteiger partial charge in [-0.05, 0) is 41.8 Å². The Morgan fingerprint density at radius 1 is 1.16 bits per heavy atom. The van der Waals surface area contributed by atoms with Crippen LogP contribution < -0.4 is 15.4 Å². The van der Waals surface area contributed by atoms with E-state index in [1.807, 2.05) is 42.5 Å². The molecule has 0 spiro atoms. The number of aromatic nitrogens is 3. The van der Waals surface area contributed by atoms with Crippen molar-refractivity contribution >= 4 is 29.3 Å². The molecule has 1 aromatic heterocycles. The second-order valence-electron chi connectivity index (χ2n) is 7.57. The fourth-order valence-corrected chi connectivity index (χ4v) is 3.97. The monoisotopic (exact) mass is 453 g/mol. The van der Waals surface area contributed by atoms with Gasteiger partial charge in [0.25, 0.3) is 0 Å². The molecule has 1 heterocycles. The summed E-state index contributed by atoms with van der Waals surface area (Å²) in [5, 5.41) is 14.6. The number of benzene rings is 2. The molecule has 0 radical (unpaired) electrons. The first-order valence-electron chi connectivity index (χ1n) is 10.2. The molecule has 2 amide bonds. The van der Waals surface area contributed by atoms with Crippen LogP contribution in [0.2, 0.25) is 0 Å². The van der Waals surface area contributed by atoms with Gasteiger partial charge in [-0.3, -0.25) is 14.2 Å². The summed E-state index contributed by atoms with van der Waals surface area (Å²) in [7, 11) is 1.63. The van der Waals surface area contributed by atoms with Crippen molar-refractivity contribution in [1.29, 1.82) is 0 Å². The summed E-state index contributed by atoms with van der Waals surface area (Å²) < 4.78 is 7.00. The van der Waals surface area contributed by atoms with Crippen molar-refractivity contribution in [3.05, 3.63) is 60.4 Å². The molecule has 3 aromatic rings. The summed E-state index contributed by atoms with van der Waals surface area (Å²) >= 11 is 1.30. The van der Waals surface area contributed by atoms with Crippen LogP contribution in [0.5, 0.6) is 5.75 Å². The number of nitrogens with one attached hydrogen (secondary N) is 2. The van der Waals surface area contributed by atoms with Gasteiger partial charge in [-0.1, -0.05) is 43.8 Å². The quantitative estimate of drug-likeness (QED) is 0.478. The van der Waals surface area contributed by atoms with E-state index >= 15 is 0 Å². The van der Waals surface area contributed by atoms with E-state index in [1.165, 1.54) is 18.7 Å². The number of amides is 2. The second-order valence-corrected chi connectivity index (χ2v) is 8.51. The fourth-order valence-electron chi connectivity index (χ4n) is 3.23. The summed E-state index contributed by atoms with van der Waals surface area (Å²) in [5.74, 6) is 0.959. The Balaban J connectivity index is 1.66. The average Bonchev–Trinajstić information content (AvgIpc) is 3.24. The second kappa shape index (κ2) is 10.8. The maximum atomic E-state index is 12.7. The van der Waals surface area contributed by atoms with E-state index in [2.05, 4.69) is 34.7 Å². The van der Waals surface area contributed by atoms with Crippen molar-refractivity contribution in [2.75, 3.05) is 18.2 Å². The number of hydrogen-bond acceptors (Lipinski definition) is 6. The summed E-state index contributed by atoms with van der Waals surface area (Å²) in [6, 6.07) is 15.0. The first-order chi connectivity index (χ1) is 15.4. The Hall–Kier alpha value is -3.33. The van der Waals surface area contributed by atoms with Crippen molar-refractivity contribution < 1.29 is 14.3 Å². The minimum Gasteiger partial charge on any atom is -0.497 e. The number of rotatable bonds is 9. The Kier molecular flexibility index (Phi) is 7.88. The van der Waals surface area contributed by atoms with Crippen molar-refractivity contribution in [2.24, 2.45) is 5.92 Å². The third-order valence-corrected chi connectivity index (χ3v) is 5.69. The Bertz CT molecular complexity index is 1070. The van der Waals surface area contributed by atoms with Crippen LogP contribution in [0.4, 0.5) is 5.69 Å². The maximum absolute atomic E-state index is 12.7. The molecule has 0 saturated heterocycles. The third-order valence-electron chi connectivity index (χ3n) is 4.75. The molecule has 3 rings (SSSR count). The number of hydrogen-bond donors (Lipinski definition) is 2. The van der Waals surface area contributed by atoms with Crippen LogP contribution in [0.15, 0.2) is 60.0 Å². The number of thioether (sulfide) groups is 1. The van der Waals surface area contributed by atoms with Gasteiger partial charge < -0.3 is 15.4 Å². The first-order valence-corrected chi connectivity index (χ1v) is 11.2. The van der Waals surface area contributed by atoms with Crippen LogP contribution in [0.3, 0.4) is 0 Å². The highest BCUT2D eigenvalue weighted by Crippen LogP contribution is 2.25. The molecule has 32 heavy (non-hydrogen) atoms. The molecule has 1 atom stereocenters. The van der Waals surface area contributed by atoms with Crippen LogP contribution in [0.25, 0.3) is 5.69 Å². The average molecular weight is 454 g/mol. The lowest BCUT2D eigenvalue weighted by atomic mass is 9.96. The van der Waals surface area contributed by atoms with Crippen molar-refractivity contribution in [3.63, 3.8) is 0 Å². The molecule has 2 aromatic carbocycles. The molecule has 0 bridgehead atoms. The number of nitrogens with zero attached hydrogens (tertiary/aromatic N) is 3. The van der Waals surface area contributed by atoms with E-state index in [1.54, 1.807) is 24.1 Å². The Morgan fingerprint density at radius 3 is 2.56 bits per heavy atom. The molecule has 1 unspecified atom stereocenters. The highest BCUT2D eigenvalue weighted by molar-refractivity contribution is 7.99. The molecule has 2 N–H and O–H groups in total. The van der Waals surface area contributed by atoms with Crippen LogP contribution >= 0.6 is 11.8 Å². The summed E-state index contributed by atoms with van der Waals surface area (Å²) in [5.41, 5.74) is 2.50. The number of anilines is 1. The highest BCUT2D eigenvalue weighted by Gasteiger charge is 2.19. The summed E-state index contributed by atoms with van der Waals surface area (Å²) in [6.45, 7) is 5.60. The molecule has 0 saturated carbocycles. The number of carbonyl (C=O) groups is 2. The molecule has 0 fully saturated rings. The van der Waals surface area contributed by atoms with Crippen LogP contribution in [0.1, 0.15) is 32.4 Å².